The highest BCUT2D eigenvalue weighted by molar-refractivity contribution is 5.71. The van der Waals surface area contributed by atoms with Gasteiger partial charge in [0.2, 0.25) is 0 Å². The predicted molar refractivity (Wildman–Crippen MR) is 303 cm³/mol. The first-order valence-electron chi connectivity index (χ1n) is 32.0. The van der Waals surface area contributed by atoms with Crippen LogP contribution in [0, 0.1) is 0 Å². The first-order valence-corrected chi connectivity index (χ1v) is 32.0. The summed E-state index contributed by atoms with van der Waals surface area (Å²) in [6, 6.07) is 0. The molecule has 0 N–H and O–H groups in total. The van der Waals surface area contributed by atoms with Gasteiger partial charge in [-0.3, -0.25) is 14.4 Å². The van der Waals surface area contributed by atoms with Gasteiger partial charge in [0.1, 0.15) is 13.2 Å². The Bertz CT molecular complexity index is 1040. The third-order valence-electron chi connectivity index (χ3n) is 14.9. The maximum Gasteiger partial charge on any atom is 0.306 e. The van der Waals surface area contributed by atoms with Crippen LogP contribution in [0.5, 0.6) is 0 Å². The van der Waals surface area contributed by atoms with Crippen LogP contribution in [-0.4, -0.2) is 37.2 Å². The number of rotatable bonds is 60. The lowest BCUT2D eigenvalue weighted by Crippen LogP contribution is -2.30. The molecule has 0 heterocycles. The highest BCUT2D eigenvalue weighted by Crippen LogP contribution is 2.19. The van der Waals surface area contributed by atoms with Crippen LogP contribution in [0.1, 0.15) is 374 Å². The van der Waals surface area contributed by atoms with Crippen molar-refractivity contribution in [1.82, 2.24) is 0 Å². The van der Waals surface area contributed by atoms with Crippen LogP contribution in [0.15, 0.2) is 0 Å². The van der Waals surface area contributed by atoms with E-state index in [1.54, 1.807) is 0 Å². The smallest absolute Gasteiger partial charge is 0.306 e. The summed E-state index contributed by atoms with van der Waals surface area (Å²) in [5.41, 5.74) is 0. The second-order valence-corrected chi connectivity index (χ2v) is 22.1. The van der Waals surface area contributed by atoms with Crippen molar-refractivity contribution in [3.8, 4) is 0 Å². The first-order chi connectivity index (χ1) is 34.5. The normalized spacial score (nSPS) is 11.9. The molecule has 6 heteroatoms. The minimum Gasteiger partial charge on any atom is -0.462 e. The van der Waals surface area contributed by atoms with E-state index in [1.165, 1.54) is 276 Å². The van der Waals surface area contributed by atoms with Crippen molar-refractivity contribution in [1.29, 1.82) is 0 Å². The number of ether oxygens (including phenoxy) is 3. The zero-order valence-electron chi connectivity index (χ0n) is 47.8. The zero-order valence-corrected chi connectivity index (χ0v) is 47.8. The van der Waals surface area contributed by atoms with Gasteiger partial charge in [0.05, 0.1) is 0 Å². The molecule has 1 atom stereocenters. The number of hydrogen-bond donors (Lipinski definition) is 0. The fourth-order valence-corrected chi connectivity index (χ4v) is 10.0. The Labute approximate surface area is 438 Å². The monoisotopic (exact) mass is 989 g/mol. The molecule has 0 aliphatic heterocycles. The van der Waals surface area contributed by atoms with E-state index in [-0.39, 0.29) is 31.1 Å². The third kappa shape index (κ3) is 57.3. The second kappa shape index (κ2) is 60.0. The highest BCUT2D eigenvalue weighted by Gasteiger charge is 2.19. The predicted octanol–water partition coefficient (Wildman–Crippen LogP) is 21.5. The largest absolute Gasteiger partial charge is 0.462 e. The summed E-state index contributed by atoms with van der Waals surface area (Å²) in [6.07, 6.45) is 68.3. The molecule has 0 aliphatic carbocycles. The molecule has 0 radical (unpaired) electrons. The van der Waals surface area contributed by atoms with Gasteiger partial charge in [-0.05, 0) is 19.3 Å². The van der Waals surface area contributed by atoms with Gasteiger partial charge in [0.15, 0.2) is 6.10 Å². The molecule has 0 aliphatic rings. The van der Waals surface area contributed by atoms with Crippen molar-refractivity contribution < 1.29 is 28.6 Å². The summed E-state index contributed by atoms with van der Waals surface area (Å²) in [5, 5.41) is 0. The average molecular weight is 990 g/mol. The second-order valence-electron chi connectivity index (χ2n) is 22.1. The van der Waals surface area contributed by atoms with Gasteiger partial charge in [-0.1, -0.05) is 335 Å². The molecule has 0 aromatic carbocycles. The molecule has 0 aromatic rings. The lowest BCUT2D eigenvalue weighted by atomic mass is 10.0. The lowest BCUT2D eigenvalue weighted by Gasteiger charge is -2.18. The number of hydrogen-bond acceptors (Lipinski definition) is 6. The zero-order chi connectivity index (χ0) is 50.7. The molecular formula is C64H124O6. The summed E-state index contributed by atoms with van der Waals surface area (Å²) >= 11 is 0. The molecule has 0 fully saturated rings. The van der Waals surface area contributed by atoms with E-state index in [2.05, 4.69) is 20.8 Å². The van der Waals surface area contributed by atoms with Gasteiger partial charge < -0.3 is 14.2 Å². The van der Waals surface area contributed by atoms with Gasteiger partial charge in [-0.25, -0.2) is 0 Å². The van der Waals surface area contributed by atoms with Crippen LogP contribution in [0.25, 0.3) is 0 Å². The molecule has 70 heavy (non-hydrogen) atoms. The molecule has 0 rings (SSSR count). The quantitative estimate of drug-likeness (QED) is 0.0343. The van der Waals surface area contributed by atoms with Crippen molar-refractivity contribution in [2.45, 2.75) is 380 Å². The van der Waals surface area contributed by atoms with E-state index in [0.29, 0.717) is 19.3 Å². The number of esters is 3. The van der Waals surface area contributed by atoms with Crippen LogP contribution < -0.4 is 0 Å². The van der Waals surface area contributed by atoms with Gasteiger partial charge in [-0.2, -0.15) is 0 Å². The van der Waals surface area contributed by atoms with Gasteiger partial charge >= 0.3 is 17.9 Å². The maximum atomic E-state index is 12.9. The van der Waals surface area contributed by atoms with Crippen molar-refractivity contribution in [2.75, 3.05) is 13.2 Å². The summed E-state index contributed by atoms with van der Waals surface area (Å²) in [7, 11) is 0. The van der Waals surface area contributed by atoms with Crippen molar-refractivity contribution >= 4 is 17.9 Å². The lowest BCUT2D eigenvalue weighted by molar-refractivity contribution is -0.167. The van der Waals surface area contributed by atoms with E-state index in [4.69, 9.17) is 14.2 Å². The van der Waals surface area contributed by atoms with Crippen molar-refractivity contribution in [2.24, 2.45) is 0 Å². The Kier molecular flexibility index (Phi) is 58.6. The summed E-state index contributed by atoms with van der Waals surface area (Å²) in [4.78, 5) is 38.2. The fourth-order valence-electron chi connectivity index (χ4n) is 10.0. The third-order valence-corrected chi connectivity index (χ3v) is 14.9. The molecule has 0 spiro atoms. The Morgan fingerprint density at radius 2 is 0.386 bits per heavy atom. The van der Waals surface area contributed by atoms with Crippen LogP contribution in [0.2, 0.25) is 0 Å². The van der Waals surface area contributed by atoms with Crippen LogP contribution in [-0.2, 0) is 28.6 Å². The molecule has 0 amide bonds. The van der Waals surface area contributed by atoms with Crippen molar-refractivity contribution in [3.05, 3.63) is 0 Å². The van der Waals surface area contributed by atoms with Gasteiger partial charge in [0, 0.05) is 19.3 Å². The number of unbranched alkanes of at least 4 members (excludes halogenated alkanes) is 49. The molecule has 0 aromatic heterocycles. The fraction of sp³-hybridized carbons (Fsp3) is 0.953. The maximum absolute atomic E-state index is 12.9. The van der Waals surface area contributed by atoms with Crippen LogP contribution >= 0.6 is 0 Å². The van der Waals surface area contributed by atoms with Gasteiger partial charge in [0.25, 0.3) is 0 Å². The summed E-state index contributed by atoms with van der Waals surface area (Å²) in [6.45, 7) is 6.72. The number of carbonyl (C=O) groups excluding carboxylic acids is 3. The van der Waals surface area contributed by atoms with E-state index < -0.39 is 6.10 Å². The van der Waals surface area contributed by atoms with E-state index in [0.717, 1.165) is 57.8 Å². The molecule has 0 saturated carbocycles. The minimum absolute atomic E-state index is 0.0607. The molecule has 1 unspecified atom stereocenters. The SMILES string of the molecule is CCCCCCCCCCCCCCCCCCCCCCCCCC(=O)OCC(COC(=O)CCCCCCCCCCCCCC)OC(=O)CCCCCCCCCCCCCCCCCCC. The van der Waals surface area contributed by atoms with Gasteiger partial charge in [-0.15, -0.1) is 0 Å². The Morgan fingerprint density at radius 1 is 0.229 bits per heavy atom. The topological polar surface area (TPSA) is 78.9 Å². The number of carbonyl (C=O) groups is 3. The molecule has 0 bridgehead atoms. The standard InChI is InChI=1S/C64H124O6/c1-4-7-10-13-16-19-22-25-27-29-30-31-32-33-34-36-37-39-42-45-48-51-54-57-63(66)69-60-61(59-68-62(65)56-53-50-47-44-41-24-21-18-15-12-9-6-3)70-64(67)58-55-52-49-46-43-40-38-35-28-26-23-20-17-14-11-8-5-2/h61H,4-60H2,1-3H3. The first kappa shape index (κ1) is 68.4. The Hall–Kier alpha value is -1.59. The van der Waals surface area contributed by atoms with Crippen molar-refractivity contribution in [3.63, 3.8) is 0 Å². The summed E-state index contributed by atoms with van der Waals surface area (Å²) < 4.78 is 16.9. The minimum atomic E-state index is -0.762. The summed E-state index contributed by atoms with van der Waals surface area (Å²) in [5.74, 6) is -0.827. The Balaban J connectivity index is 4.20. The Morgan fingerprint density at radius 3 is 0.571 bits per heavy atom. The van der Waals surface area contributed by atoms with E-state index in [1.807, 2.05) is 0 Å². The molecular weight excluding hydrogens is 865 g/mol. The van der Waals surface area contributed by atoms with Crippen LogP contribution in [0.3, 0.4) is 0 Å². The molecule has 416 valence electrons. The molecule has 0 saturated heterocycles. The highest BCUT2D eigenvalue weighted by atomic mass is 16.6. The average Bonchev–Trinajstić information content (AvgIpc) is 3.36. The van der Waals surface area contributed by atoms with E-state index in [9.17, 15) is 14.4 Å². The van der Waals surface area contributed by atoms with E-state index >= 15 is 0 Å². The molecule has 6 nitrogen and oxygen atoms in total. The van der Waals surface area contributed by atoms with Crippen LogP contribution in [0.4, 0.5) is 0 Å².